The molecule has 4 saturated carbocycles. The van der Waals surface area contributed by atoms with E-state index in [-0.39, 0.29) is 11.9 Å². The Morgan fingerprint density at radius 1 is 1.15 bits per heavy atom. The normalized spacial score (nSPS) is 34.4. The number of benzene rings is 1. The molecule has 3 nitrogen and oxygen atoms in total. The van der Waals surface area contributed by atoms with Crippen molar-refractivity contribution in [1.29, 1.82) is 0 Å². The first-order valence-corrected chi connectivity index (χ1v) is 10.5. The van der Waals surface area contributed by atoms with E-state index in [9.17, 15) is 4.79 Å². The molecule has 0 heterocycles. The second kappa shape index (κ2) is 6.74. The summed E-state index contributed by atoms with van der Waals surface area (Å²) in [5.41, 5.74) is 1.28. The van der Waals surface area contributed by atoms with Gasteiger partial charge in [0.1, 0.15) is 5.75 Å². The van der Waals surface area contributed by atoms with Gasteiger partial charge >= 0.3 is 0 Å². The van der Waals surface area contributed by atoms with Crippen molar-refractivity contribution in [3.05, 3.63) is 28.8 Å². The quantitative estimate of drug-likeness (QED) is 0.774. The molecule has 1 N–H and O–H groups in total. The number of rotatable bonds is 5. The van der Waals surface area contributed by atoms with Gasteiger partial charge in [-0.2, -0.15) is 0 Å². The van der Waals surface area contributed by atoms with Crippen LogP contribution in [-0.4, -0.2) is 18.1 Å². The van der Waals surface area contributed by atoms with Crippen molar-refractivity contribution in [2.24, 2.45) is 23.2 Å². The molecule has 0 aliphatic heterocycles. The van der Waals surface area contributed by atoms with Crippen LogP contribution in [0.15, 0.2) is 18.2 Å². The van der Waals surface area contributed by atoms with E-state index in [1.807, 2.05) is 32.0 Å². The monoisotopic (exact) mass is 375 g/mol. The highest BCUT2D eigenvalue weighted by atomic mass is 35.5. The molecule has 0 unspecified atom stereocenters. The Kier molecular flexibility index (Phi) is 4.71. The SMILES string of the molecule is Cc1cc(O[C@H](C)C(=O)N[C@H](C)C23CC4CC(CC(C4)C2)C3)ccc1Cl. The highest BCUT2D eigenvalue weighted by molar-refractivity contribution is 6.31. The van der Waals surface area contributed by atoms with Gasteiger partial charge in [-0.05, 0) is 106 Å². The summed E-state index contributed by atoms with van der Waals surface area (Å²) in [7, 11) is 0. The number of halogens is 1. The maximum absolute atomic E-state index is 12.7. The number of amides is 1. The Morgan fingerprint density at radius 3 is 2.27 bits per heavy atom. The van der Waals surface area contributed by atoms with E-state index in [2.05, 4.69) is 12.2 Å². The van der Waals surface area contributed by atoms with Gasteiger partial charge in [0.05, 0.1) is 0 Å². The van der Waals surface area contributed by atoms with Crippen LogP contribution in [0.1, 0.15) is 57.9 Å². The van der Waals surface area contributed by atoms with Crippen LogP contribution < -0.4 is 10.1 Å². The predicted molar refractivity (Wildman–Crippen MR) is 104 cm³/mol. The van der Waals surface area contributed by atoms with Gasteiger partial charge in [-0.3, -0.25) is 4.79 Å². The molecule has 4 bridgehead atoms. The fourth-order valence-electron chi connectivity index (χ4n) is 6.14. The van der Waals surface area contributed by atoms with E-state index in [0.29, 0.717) is 16.2 Å². The minimum absolute atomic E-state index is 0.0131. The molecule has 0 radical (unpaired) electrons. The van der Waals surface area contributed by atoms with E-state index in [0.717, 1.165) is 23.3 Å². The Morgan fingerprint density at radius 2 is 1.73 bits per heavy atom. The van der Waals surface area contributed by atoms with Crippen molar-refractivity contribution < 1.29 is 9.53 Å². The number of carbonyl (C=O) groups excluding carboxylic acids is 1. The van der Waals surface area contributed by atoms with Crippen molar-refractivity contribution in [3.63, 3.8) is 0 Å². The van der Waals surface area contributed by atoms with Crippen molar-refractivity contribution in [3.8, 4) is 5.75 Å². The molecule has 26 heavy (non-hydrogen) atoms. The summed E-state index contributed by atoms with van der Waals surface area (Å²) in [5, 5.41) is 4.01. The lowest BCUT2D eigenvalue weighted by atomic mass is 9.48. The van der Waals surface area contributed by atoms with Crippen LogP contribution in [-0.2, 0) is 4.79 Å². The van der Waals surface area contributed by atoms with E-state index in [1.165, 1.54) is 38.5 Å². The van der Waals surface area contributed by atoms with Crippen LogP contribution in [0.4, 0.5) is 0 Å². The van der Waals surface area contributed by atoms with Gasteiger partial charge in [0.2, 0.25) is 0 Å². The van der Waals surface area contributed by atoms with E-state index in [1.54, 1.807) is 0 Å². The first-order valence-electron chi connectivity index (χ1n) is 10.1. The molecule has 4 heteroatoms. The van der Waals surface area contributed by atoms with Crippen LogP contribution >= 0.6 is 11.6 Å². The predicted octanol–water partition coefficient (Wildman–Crippen LogP) is 5.14. The lowest BCUT2D eigenvalue weighted by molar-refractivity contribution is -0.131. The second-order valence-electron chi connectivity index (χ2n) is 9.18. The van der Waals surface area contributed by atoms with E-state index < -0.39 is 6.10 Å². The third-order valence-electron chi connectivity index (χ3n) is 7.17. The maximum Gasteiger partial charge on any atom is 0.261 e. The smallest absolute Gasteiger partial charge is 0.261 e. The lowest BCUT2D eigenvalue weighted by Gasteiger charge is -2.59. The molecule has 2 atom stereocenters. The summed E-state index contributed by atoms with van der Waals surface area (Å²) in [6.45, 7) is 5.98. The van der Waals surface area contributed by atoms with Crippen molar-refractivity contribution >= 4 is 17.5 Å². The average molecular weight is 376 g/mol. The largest absolute Gasteiger partial charge is 0.481 e. The fourth-order valence-corrected chi connectivity index (χ4v) is 6.26. The fraction of sp³-hybridized carbons (Fsp3) is 0.682. The molecule has 0 spiro atoms. The van der Waals surface area contributed by atoms with Gasteiger partial charge in [0, 0.05) is 11.1 Å². The summed E-state index contributed by atoms with van der Waals surface area (Å²) in [5.74, 6) is 3.36. The molecular weight excluding hydrogens is 346 g/mol. The van der Waals surface area contributed by atoms with Crippen molar-refractivity contribution in [1.82, 2.24) is 5.32 Å². The molecule has 0 aromatic heterocycles. The van der Waals surface area contributed by atoms with Crippen LogP contribution in [0, 0.1) is 30.1 Å². The zero-order valence-corrected chi connectivity index (χ0v) is 16.8. The summed E-state index contributed by atoms with van der Waals surface area (Å²) >= 11 is 6.06. The number of nitrogens with one attached hydrogen (secondary N) is 1. The molecule has 0 saturated heterocycles. The summed E-state index contributed by atoms with van der Waals surface area (Å²) in [6, 6.07) is 5.74. The molecule has 1 amide bonds. The van der Waals surface area contributed by atoms with Gasteiger partial charge in [-0.15, -0.1) is 0 Å². The molecule has 1 aromatic carbocycles. The third-order valence-corrected chi connectivity index (χ3v) is 7.60. The van der Waals surface area contributed by atoms with E-state index >= 15 is 0 Å². The lowest BCUT2D eigenvalue weighted by Crippen LogP contribution is -2.57. The minimum atomic E-state index is -0.507. The van der Waals surface area contributed by atoms with Crippen LogP contribution in [0.2, 0.25) is 5.02 Å². The highest BCUT2D eigenvalue weighted by Gasteiger charge is 2.53. The van der Waals surface area contributed by atoms with Gasteiger partial charge in [0.25, 0.3) is 5.91 Å². The number of carbonyl (C=O) groups is 1. The molecule has 142 valence electrons. The van der Waals surface area contributed by atoms with E-state index in [4.69, 9.17) is 16.3 Å². The van der Waals surface area contributed by atoms with Gasteiger partial charge < -0.3 is 10.1 Å². The highest BCUT2D eigenvalue weighted by Crippen LogP contribution is 2.61. The molecule has 1 aromatic rings. The topological polar surface area (TPSA) is 38.3 Å². The summed E-state index contributed by atoms with van der Waals surface area (Å²) < 4.78 is 5.86. The van der Waals surface area contributed by atoms with Gasteiger partial charge in [0.15, 0.2) is 6.10 Å². The zero-order valence-electron chi connectivity index (χ0n) is 16.1. The first-order chi connectivity index (χ1) is 12.3. The average Bonchev–Trinajstić information content (AvgIpc) is 2.57. The Hall–Kier alpha value is -1.22. The zero-order chi connectivity index (χ0) is 18.5. The number of hydrogen-bond acceptors (Lipinski definition) is 2. The maximum atomic E-state index is 12.7. The van der Waals surface area contributed by atoms with Crippen LogP contribution in [0.25, 0.3) is 0 Å². The first kappa shape index (κ1) is 18.2. The number of aryl methyl sites for hydroxylation is 1. The van der Waals surface area contributed by atoms with Crippen LogP contribution in [0.3, 0.4) is 0 Å². The van der Waals surface area contributed by atoms with Gasteiger partial charge in [-0.25, -0.2) is 0 Å². The van der Waals surface area contributed by atoms with Crippen molar-refractivity contribution in [2.45, 2.75) is 71.4 Å². The van der Waals surface area contributed by atoms with Gasteiger partial charge in [-0.1, -0.05) is 11.6 Å². The second-order valence-corrected chi connectivity index (χ2v) is 9.59. The number of ether oxygens (including phenoxy) is 1. The number of hydrogen-bond donors (Lipinski definition) is 1. The summed E-state index contributed by atoms with van der Waals surface area (Å²) in [6.07, 6.45) is 7.66. The minimum Gasteiger partial charge on any atom is -0.481 e. The Balaban J connectivity index is 1.38. The molecular formula is C22H30ClNO2. The van der Waals surface area contributed by atoms with Crippen LogP contribution in [0.5, 0.6) is 5.75 Å². The molecule has 4 aliphatic carbocycles. The molecule has 4 fully saturated rings. The molecule has 5 rings (SSSR count). The molecule has 4 aliphatic rings. The third kappa shape index (κ3) is 3.35. The van der Waals surface area contributed by atoms with Crippen molar-refractivity contribution in [2.75, 3.05) is 0 Å². The Bertz CT molecular complexity index is 666. The standard InChI is InChI=1S/C22H30ClNO2/c1-13-6-19(4-5-20(13)23)26-14(2)21(25)24-15(3)22-10-16-7-17(11-22)9-18(8-16)12-22/h4-6,14-18H,7-12H2,1-3H3,(H,24,25)/t14-,15-,16?,17?,18?,22?/m1/s1. The Labute approximate surface area is 161 Å². The summed E-state index contributed by atoms with van der Waals surface area (Å²) in [4.78, 5) is 12.7.